The minimum atomic E-state index is -0.960. The predicted molar refractivity (Wildman–Crippen MR) is 66.7 cm³/mol. The van der Waals surface area contributed by atoms with Crippen LogP contribution in [0.25, 0.3) is 0 Å². The van der Waals surface area contributed by atoms with E-state index in [-0.39, 0.29) is 0 Å². The van der Waals surface area contributed by atoms with Gasteiger partial charge in [0.1, 0.15) is 6.04 Å². The number of carboxylic acid groups (broad SMARTS) is 1. The second kappa shape index (κ2) is 10.8. The predicted octanol–water partition coefficient (Wildman–Crippen LogP) is 1.89. The summed E-state index contributed by atoms with van der Waals surface area (Å²) in [5, 5.41) is 11.0. The topological polar surface area (TPSA) is 66.4 Å². The van der Waals surface area contributed by atoms with Crippen molar-refractivity contribution in [1.29, 1.82) is 0 Å². The highest BCUT2D eigenvalue weighted by Crippen LogP contribution is 2.10. The number of rotatable bonds is 11. The molecule has 4 nitrogen and oxygen atoms in total. The molecule has 1 unspecified atom stereocenters. The molecule has 0 rings (SSSR count). The van der Waals surface area contributed by atoms with Gasteiger partial charge < -0.3 is 10.4 Å². The Labute approximate surface area is 101 Å². The van der Waals surface area contributed by atoms with Crippen molar-refractivity contribution in [1.82, 2.24) is 5.32 Å². The fourth-order valence-electron chi connectivity index (χ4n) is 1.29. The molecule has 0 saturated carbocycles. The maximum atomic E-state index is 10.7. The number of nitrogens with one attached hydrogen (secondary N) is 1. The first-order chi connectivity index (χ1) is 7.72. The van der Waals surface area contributed by atoms with Crippen LogP contribution in [0.15, 0.2) is 0 Å². The van der Waals surface area contributed by atoms with E-state index in [0.29, 0.717) is 12.8 Å². The van der Waals surface area contributed by atoms with E-state index in [1.54, 1.807) is 11.8 Å². The zero-order chi connectivity index (χ0) is 12.2. The summed E-state index contributed by atoms with van der Waals surface area (Å²) in [4.78, 5) is 20.8. The van der Waals surface area contributed by atoms with Crippen LogP contribution in [0.4, 0.5) is 0 Å². The van der Waals surface area contributed by atoms with Gasteiger partial charge in [-0.15, -0.1) is 0 Å². The molecule has 0 radical (unpaired) electrons. The van der Waals surface area contributed by atoms with Gasteiger partial charge in [0.05, 0.1) is 0 Å². The Hall–Kier alpha value is -0.710. The Morgan fingerprint density at radius 2 is 2.12 bits per heavy atom. The van der Waals surface area contributed by atoms with Gasteiger partial charge in [0.15, 0.2) is 0 Å². The van der Waals surface area contributed by atoms with Gasteiger partial charge in [-0.1, -0.05) is 26.2 Å². The van der Waals surface area contributed by atoms with Crippen LogP contribution in [0, 0.1) is 0 Å². The molecule has 94 valence electrons. The second-order valence-corrected chi connectivity index (χ2v) is 4.86. The van der Waals surface area contributed by atoms with Crippen molar-refractivity contribution >= 4 is 24.1 Å². The highest BCUT2D eigenvalue weighted by molar-refractivity contribution is 7.99. The van der Waals surface area contributed by atoms with Crippen molar-refractivity contribution in [2.24, 2.45) is 0 Å². The van der Waals surface area contributed by atoms with E-state index in [4.69, 9.17) is 5.11 Å². The van der Waals surface area contributed by atoms with Crippen LogP contribution in [0.1, 0.15) is 39.0 Å². The van der Waals surface area contributed by atoms with Crippen molar-refractivity contribution in [2.75, 3.05) is 11.5 Å². The Kier molecular flexibility index (Phi) is 10.3. The summed E-state index contributed by atoms with van der Waals surface area (Å²) < 4.78 is 0. The molecule has 0 aromatic heterocycles. The number of unbranched alkanes of at least 4 members (excludes halogenated alkanes) is 3. The van der Waals surface area contributed by atoms with Gasteiger partial charge in [-0.2, -0.15) is 11.8 Å². The van der Waals surface area contributed by atoms with E-state index in [9.17, 15) is 9.59 Å². The number of thioether (sulfide) groups is 1. The van der Waals surface area contributed by atoms with E-state index >= 15 is 0 Å². The van der Waals surface area contributed by atoms with Crippen LogP contribution in [0.5, 0.6) is 0 Å². The quantitative estimate of drug-likeness (QED) is 0.432. The standard InChI is InChI=1S/C11H21NO3S/c1-2-3-4-5-7-16-8-6-10(11(14)15)12-9-13/h9-10H,2-8H2,1H3,(H,12,13)(H,14,15). The summed E-state index contributed by atoms with van der Waals surface area (Å²) in [6, 6.07) is -0.736. The maximum absolute atomic E-state index is 10.7. The Balaban J connectivity index is 3.40. The molecule has 0 heterocycles. The molecule has 0 aliphatic heterocycles. The fourth-order valence-corrected chi connectivity index (χ4v) is 2.31. The van der Waals surface area contributed by atoms with Crippen molar-refractivity contribution in [3.05, 3.63) is 0 Å². The summed E-state index contributed by atoms with van der Waals surface area (Å²) in [5.41, 5.74) is 0. The Bertz CT molecular complexity index is 200. The van der Waals surface area contributed by atoms with E-state index < -0.39 is 12.0 Å². The first-order valence-electron chi connectivity index (χ1n) is 5.72. The minimum Gasteiger partial charge on any atom is -0.480 e. The molecule has 1 atom stereocenters. The molecule has 0 aromatic rings. The first kappa shape index (κ1) is 15.3. The number of amides is 1. The van der Waals surface area contributed by atoms with Crippen LogP contribution in [0.2, 0.25) is 0 Å². The lowest BCUT2D eigenvalue weighted by Gasteiger charge is -2.10. The zero-order valence-corrected chi connectivity index (χ0v) is 10.6. The summed E-state index contributed by atoms with van der Waals surface area (Å²) >= 11 is 1.76. The van der Waals surface area contributed by atoms with Crippen molar-refractivity contribution in [2.45, 2.75) is 45.1 Å². The lowest BCUT2D eigenvalue weighted by atomic mass is 10.2. The van der Waals surface area contributed by atoms with Gasteiger partial charge in [0.25, 0.3) is 0 Å². The molecule has 0 saturated heterocycles. The SMILES string of the molecule is CCCCCCSCCC(NC=O)C(=O)O. The smallest absolute Gasteiger partial charge is 0.326 e. The number of carbonyl (C=O) groups is 2. The molecule has 0 spiro atoms. The number of hydrogen-bond donors (Lipinski definition) is 2. The van der Waals surface area contributed by atoms with Gasteiger partial charge in [-0.25, -0.2) is 4.79 Å². The average Bonchev–Trinajstić information content (AvgIpc) is 2.26. The molecule has 0 bridgehead atoms. The van der Waals surface area contributed by atoms with Crippen molar-refractivity contribution in [3.63, 3.8) is 0 Å². The second-order valence-electron chi connectivity index (χ2n) is 3.64. The Morgan fingerprint density at radius 3 is 2.69 bits per heavy atom. The number of hydrogen-bond acceptors (Lipinski definition) is 3. The summed E-state index contributed by atoms with van der Waals surface area (Å²) in [7, 11) is 0. The molecular formula is C11H21NO3S. The van der Waals surface area contributed by atoms with Gasteiger partial charge >= 0.3 is 5.97 Å². The lowest BCUT2D eigenvalue weighted by Crippen LogP contribution is -2.36. The normalized spacial score (nSPS) is 12.1. The molecule has 0 aliphatic carbocycles. The van der Waals surface area contributed by atoms with Gasteiger partial charge in [0, 0.05) is 0 Å². The zero-order valence-electron chi connectivity index (χ0n) is 9.78. The molecule has 5 heteroatoms. The molecule has 0 fully saturated rings. The summed E-state index contributed by atoms with van der Waals surface area (Å²) in [6.45, 7) is 2.18. The fraction of sp³-hybridized carbons (Fsp3) is 0.818. The summed E-state index contributed by atoms with van der Waals surface area (Å²) in [5.74, 6) is 0.899. The van der Waals surface area contributed by atoms with Crippen LogP contribution in [-0.2, 0) is 9.59 Å². The molecule has 0 aliphatic rings. The van der Waals surface area contributed by atoms with Crippen LogP contribution in [-0.4, -0.2) is 35.0 Å². The molecule has 2 N–H and O–H groups in total. The maximum Gasteiger partial charge on any atom is 0.326 e. The van der Waals surface area contributed by atoms with E-state index in [2.05, 4.69) is 12.2 Å². The third kappa shape index (κ3) is 8.59. The molecule has 16 heavy (non-hydrogen) atoms. The largest absolute Gasteiger partial charge is 0.480 e. The minimum absolute atomic E-state index is 0.449. The van der Waals surface area contributed by atoms with Gasteiger partial charge in [-0.3, -0.25) is 4.79 Å². The van der Waals surface area contributed by atoms with E-state index in [1.165, 1.54) is 25.7 Å². The number of carbonyl (C=O) groups excluding carboxylic acids is 1. The van der Waals surface area contributed by atoms with Crippen molar-refractivity contribution < 1.29 is 14.7 Å². The molecule has 1 amide bonds. The highest BCUT2D eigenvalue weighted by atomic mass is 32.2. The van der Waals surface area contributed by atoms with E-state index in [1.807, 2.05) is 0 Å². The number of aliphatic carboxylic acids is 1. The number of carboxylic acids is 1. The third-order valence-corrected chi connectivity index (χ3v) is 3.36. The Morgan fingerprint density at radius 1 is 1.38 bits per heavy atom. The van der Waals surface area contributed by atoms with Gasteiger partial charge in [0.2, 0.25) is 6.41 Å². The van der Waals surface area contributed by atoms with Crippen molar-refractivity contribution in [3.8, 4) is 0 Å². The van der Waals surface area contributed by atoms with Crippen LogP contribution in [0.3, 0.4) is 0 Å². The monoisotopic (exact) mass is 247 g/mol. The molecular weight excluding hydrogens is 226 g/mol. The van der Waals surface area contributed by atoms with Gasteiger partial charge in [-0.05, 0) is 24.3 Å². The average molecular weight is 247 g/mol. The van der Waals surface area contributed by atoms with Crippen LogP contribution < -0.4 is 5.32 Å². The third-order valence-electron chi connectivity index (χ3n) is 2.26. The van der Waals surface area contributed by atoms with Crippen LogP contribution >= 0.6 is 11.8 Å². The first-order valence-corrected chi connectivity index (χ1v) is 6.88. The molecule has 0 aromatic carbocycles. The summed E-state index contributed by atoms with van der Waals surface area (Å²) in [6.07, 6.45) is 5.88. The van der Waals surface area contributed by atoms with E-state index in [0.717, 1.165) is 11.5 Å². The highest BCUT2D eigenvalue weighted by Gasteiger charge is 2.14. The lowest BCUT2D eigenvalue weighted by molar-refractivity contribution is -0.140.